The molecule has 0 aliphatic carbocycles. The average molecular weight is 217 g/mol. The molecule has 1 aliphatic heterocycles. The van der Waals surface area contributed by atoms with Crippen LogP contribution in [0.5, 0.6) is 5.75 Å². The lowest BCUT2D eigenvalue weighted by Crippen LogP contribution is -2.23. The van der Waals surface area contributed by atoms with Crippen molar-refractivity contribution >= 4 is 5.91 Å². The van der Waals surface area contributed by atoms with Gasteiger partial charge in [-0.1, -0.05) is 18.2 Å². The molecule has 0 saturated heterocycles. The first kappa shape index (κ1) is 10.7. The molecule has 0 atom stereocenters. The van der Waals surface area contributed by atoms with Crippen LogP contribution in [-0.4, -0.2) is 17.9 Å². The van der Waals surface area contributed by atoms with E-state index in [9.17, 15) is 4.79 Å². The van der Waals surface area contributed by atoms with Crippen molar-refractivity contribution in [1.82, 2.24) is 4.90 Å². The van der Waals surface area contributed by atoms with Gasteiger partial charge in [0.25, 0.3) is 0 Å². The number of methoxy groups -OCH3 is 1. The zero-order chi connectivity index (χ0) is 11.5. The minimum absolute atomic E-state index is 0.167. The van der Waals surface area contributed by atoms with Crippen LogP contribution in [0.3, 0.4) is 0 Å². The summed E-state index contributed by atoms with van der Waals surface area (Å²) in [6, 6.07) is 7.80. The normalized spacial score (nSPS) is 15.2. The third-order valence-electron chi connectivity index (χ3n) is 2.77. The largest absolute Gasteiger partial charge is 0.497 e. The molecule has 0 N–H and O–H groups in total. The van der Waals surface area contributed by atoms with Crippen molar-refractivity contribution in [2.24, 2.45) is 0 Å². The third-order valence-corrected chi connectivity index (χ3v) is 2.77. The van der Waals surface area contributed by atoms with Gasteiger partial charge in [0.15, 0.2) is 0 Å². The smallest absolute Gasteiger partial charge is 0.230 e. The van der Waals surface area contributed by atoms with Gasteiger partial charge in [0.2, 0.25) is 5.91 Å². The summed E-state index contributed by atoms with van der Waals surface area (Å²) in [5, 5.41) is 0. The molecule has 16 heavy (non-hydrogen) atoms. The maximum atomic E-state index is 11.6. The molecule has 0 fully saturated rings. The molecule has 1 aliphatic rings. The van der Waals surface area contributed by atoms with Crippen LogP contribution in [0.25, 0.3) is 0 Å². The lowest BCUT2D eigenvalue weighted by Gasteiger charge is -2.18. The van der Waals surface area contributed by atoms with Crippen LogP contribution >= 0.6 is 0 Å². The van der Waals surface area contributed by atoms with Crippen molar-refractivity contribution in [1.29, 1.82) is 0 Å². The standard InChI is InChI=1S/C13H15NO2/c1-10-6-7-13(15)14(10)9-11-4-3-5-12(8-11)16-2/h3-6,8H,7,9H2,1-2H3. The SMILES string of the molecule is COc1cccc(CN2C(=O)CC=C2C)c1. The molecule has 0 bridgehead atoms. The fourth-order valence-electron chi connectivity index (χ4n) is 1.82. The van der Waals surface area contributed by atoms with E-state index in [0.29, 0.717) is 13.0 Å². The highest BCUT2D eigenvalue weighted by Crippen LogP contribution is 2.21. The summed E-state index contributed by atoms with van der Waals surface area (Å²) in [5.74, 6) is 0.992. The molecule has 0 saturated carbocycles. The van der Waals surface area contributed by atoms with E-state index in [-0.39, 0.29) is 5.91 Å². The van der Waals surface area contributed by atoms with Gasteiger partial charge in [-0.2, -0.15) is 0 Å². The Morgan fingerprint density at radius 3 is 2.88 bits per heavy atom. The van der Waals surface area contributed by atoms with Gasteiger partial charge in [0, 0.05) is 12.1 Å². The maximum absolute atomic E-state index is 11.6. The van der Waals surface area contributed by atoms with Crippen molar-refractivity contribution < 1.29 is 9.53 Å². The van der Waals surface area contributed by atoms with E-state index in [4.69, 9.17) is 4.74 Å². The zero-order valence-electron chi connectivity index (χ0n) is 9.56. The fraction of sp³-hybridized carbons (Fsp3) is 0.308. The Hall–Kier alpha value is -1.77. The number of ether oxygens (including phenoxy) is 1. The summed E-state index contributed by atoms with van der Waals surface area (Å²) in [4.78, 5) is 13.4. The van der Waals surface area contributed by atoms with Gasteiger partial charge in [-0.3, -0.25) is 4.79 Å². The number of hydrogen-bond donors (Lipinski definition) is 0. The van der Waals surface area contributed by atoms with Gasteiger partial charge >= 0.3 is 0 Å². The van der Waals surface area contributed by atoms with E-state index in [1.54, 1.807) is 12.0 Å². The molecular weight excluding hydrogens is 202 g/mol. The highest BCUT2D eigenvalue weighted by atomic mass is 16.5. The summed E-state index contributed by atoms with van der Waals surface area (Å²) in [5.41, 5.74) is 2.12. The number of amides is 1. The fourth-order valence-corrected chi connectivity index (χ4v) is 1.82. The monoisotopic (exact) mass is 217 g/mol. The average Bonchev–Trinajstić information content (AvgIpc) is 2.61. The highest BCUT2D eigenvalue weighted by Gasteiger charge is 2.20. The van der Waals surface area contributed by atoms with Crippen LogP contribution < -0.4 is 4.74 Å². The van der Waals surface area contributed by atoms with Gasteiger partial charge < -0.3 is 9.64 Å². The molecule has 3 heteroatoms. The van der Waals surface area contributed by atoms with Gasteiger partial charge in [-0.15, -0.1) is 0 Å². The Labute approximate surface area is 95.3 Å². The Kier molecular flexibility index (Phi) is 2.95. The Bertz CT molecular complexity index is 437. The van der Waals surface area contributed by atoms with Crippen molar-refractivity contribution in [2.45, 2.75) is 19.9 Å². The predicted octanol–water partition coefficient (Wildman–Crippen LogP) is 2.33. The van der Waals surface area contributed by atoms with Gasteiger partial charge in [0.05, 0.1) is 13.7 Å². The number of carbonyl (C=O) groups is 1. The molecule has 0 radical (unpaired) electrons. The Morgan fingerprint density at radius 2 is 2.25 bits per heavy atom. The second-order valence-electron chi connectivity index (χ2n) is 3.88. The summed E-state index contributed by atoms with van der Waals surface area (Å²) in [7, 11) is 1.64. The Morgan fingerprint density at radius 1 is 1.44 bits per heavy atom. The molecular formula is C13H15NO2. The van der Waals surface area contributed by atoms with Crippen LogP contribution in [0, 0.1) is 0 Å². The van der Waals surface area contributed by atoms with Crippen molar-refractivity contribution in [3.05, 3.63) is 41.6 Å². The molecule has 84 valence electrons. The quantitative estimate of drug-likeness (QED) is 0.777. The van der Waals surface area contributed by atoms with E-state index in [1.165, 1.54) is 0 Å². The number of allylic oxidation sites excluding steroid dienone is 1. The maximum Gasteiger partial charge on any atom is 0.230 e. The van der Waals surface area contributed by atoms with Crippen LogP contribution in [0.2, 0.25) is 0 Å². The van der Waals surface area contributed by atoms with Crippen molar-refractivity contribution in [2.75, 3.05) is 7.11 Å². The van der Waals surface area contributed by atoms with E-state index >= 15 is 0 Å². The molecule has 0 spiro atoms. The summed E-state index contributed by atoms with van der Waals surface area (Å²) in [6.07, 6.45) is 2.48. The molecule has 1 aromatic rings. The van der Waals surface area contributed by atoms with Crippen molar-refractivity contribution in [3.8, 4) is 5.75 Å². The van der Waals surface area contributed by atoms with Gasteiger partial charge in [-0.05, 0) is 24.6 Å². The van der Waals surface area contributed by atoms with Crippen LogP contribution in [0.1, 0.15) is 18.9 Å². The highest BCUT2D eigenvalue weighted by molar-refractivity contribution is 5.82. The molecule has 3 nitrogen and oxygen atoms in total. The Balaban J connectivity index is 2.14. The molecule has 1 amide bonds. The second-order valence-corrected chi connectivity index (χ2v) is 3.88. The van der Waals surface area contributed by atoms with Crippen molar-refractivity contribution in [3.63, 3.8) is 0 Å². The van der Waals surface area contributed by atoms with Crippen LogP contribution in [-0.2, 0) is 11.3 Å². The number of rotatable bonds is 3. The topological polar surface area (TPSA) is 29.5 Å². The van der Waals surface area contributed by atoms with E-state index < -0.39 is 0 Å². The van der Waals surface area contributed by atoms with Crippen LogP contribution in [0.4, 0.5) is 0 Å². The number of benzene rings is 1. The molecule has 1 aromatic carbocycles. The summed E-state index contributed by atoms with van der Waals surface area (Å²) >= 11 is 0. The van der Waals surface area contributed by atoms with Gasteiger partial charge in [-0.25, -0.2) is 0 Å². The van der Waals surface area contributed by atoms with E-state index in [2.05, 4.69) is 0 Å². The molecule has 1 heterocycles. The third kappa shape index (κ3) is 2.08. The van der Waals surface area contributed by atoms with Gasteiger partial charge in [0.1, 0.15) is 5.75 Å². The number of hydrogen-bond acceptors (Lipinski definition) is 2. The van der Waals surface area contributed by atoms with E-state index in [0.717, 1.165) is 17.0 Å². The first-order valence-corrected chi connectivity index (χ1v) is 5.31. The minimum Gasteiger partial charge on any atom is -0.497 e. The van der Waals surface area contributed by atoms with E-state index in [1.807, 2.05) is 37.3 Å². The molecule has 0 aromatic heterocycles. The number of nitrogens with zero attached hydrogens (tertiary/aromatic N) is 1. The first-order valence-electron chi connectivity index (χ1n) is 5.31. The second kappa shape index (κ2) is 4.39. The lowest BCUT2D eigenvalue weighted by molar-refractivity contribution is -0.127. The summed E-state index contributed by atoms with van der Waals surface area (Å²) < 4.78 is 5.15. The summed E-state index contributed by atoms with van der Waals surface area (Å²) in [6.45, 7) is 2.59. The number of carbonyl (C=O) groups excluding carboxylic acids is 1. The lowest BCUT2D eigenvalue weighted by atomic mass is 10.2. The molecule has 2 rings (SSSR count). The zero-order valence-corrected chi connectivity index (χ0v) is 9.56. The van der Waals surface area contributed by atoms with Crippen LogP contribution in [0.15, 0.2) is 36.0 Å². The predicted molar refractivity (Wildman–Crippen MR) is 61.9 cm³/mol. The first-order chi connectivity index (χ1) is 7.70. The minimum atomic E-state index is 0.167. The molecule has 0 unspecified atom stereocenters.